The summed E-state index contributed by atoms with van der Waals surface area (Å²) in [5.74, 6) is 0.0630. The van der Waals surface area contributed by atoms with Crippen LogP contribution in [0.3, 0.4) is 0 Å². The highest BCUT2D eigenvalue weighted by molar-refractivity contribution is 14.1. The van der Waals surface area contributed by atoms with Gasteiger partial charge in [-0.25, -0.2) is 0 Å². The lowest BCUT2D eigenvalue weighted by molar-refractivity contribution is 0.0703. The number of aromatic nitrogens is 1. The summed E-state index contributed by atoms with van der Waals surface area (Å²) in [5, 5.41) is 0. The average Bonchev–Trinajstić information content (AvgIpc) is 2.64. The minimum Gasteiger partial charge on any atom is -0.356 e. The monoisotopic (exact) mass is 355 g/mol. The summed E-state index contributed by atoms with van der Waals surface area (Å²) >= 11 is 2.18. The maximum Gasteiger partial charge on any atom is 0.270 e. The molecule has 1 aliphatic heterocycles. The smallest absolute Gasteiger partial charge is 0.270 e. The number of rotatable bonds is 1. The van der Waals surface area contributed by atoms with Gasteiger partial charge >= 0.3 is 0 Å². The highest BCUT2D eigenvalue weighted by Gasteiger charge is 2.22. The minimum absolute atomic E-state index is 0. The van der Waals surface area contributed by atoms with Crippen LogP contribution in [0.2, 0.25) is 0 Å². The van der Waals surface area contributed by atoms with Crippen molar-refractivity contribution in [1.29, 1.82) is 0 Å². The maximum absolute atomic E-state index is 12.0. The number of H-pyrrole nitrogens is 1. The first-order chi connectivity index (χ1) is 7.16. The molecule has 90 valence electrons. The van der Waals surface area contributed by atoms with Gasteiger partial charge in [-0.3, -0.25) is 4.79 Å². The van der Waals surface area contributed by atoms with E-state index in [0.29, 0.717) is 12.2 Å². The molecule has 2 heterocycles. The highest BCUT2D eigenvalue weighted by Crippen LogP contribution is 2.13. The molecule has 1 fully saturated rings. The number of carbonyl (C=O) groups excluding carboxylic acids is 1. The average molecular weight is 356 g/mol. The zero-order chi connectivity index (χ0) is 10.8. The predicted octanol–water partition coefficient (Wildman–Crippen LogP) is 1.60. The van der Waals surface area contributed by atoms with Gasteiger partial charge in [-0.1, -0.05) is 0 Å². The number of likely N-dealkylation sites (tertiary alicyclic amines) is 1. The SMILES string of the molecule is Cl.N[C@@H]1CCCN(C(=O)c2cc(I)c[nH]2)C1. The Balaban J connectivity index is 0.00000128. The van der Waals surface area contributed by atoms with Gasteiger partial charge in [0.2, 0.25) is 0 Å². The lowest BCUT2D eigenvalue weighted by atomic mass is 10.1. The molecule has 0 saturated carbocycles. The van der Waals surface area contributed by atoms with E-state index in [0.717, 1.165) is 23.0 Å². The predicted molar refractivity (Wildman–Crippen MR) is 73.9 cm³/mol. The van der Waals surface area contributed by atoms with Crippen LogP contribution >= 0.6 is 35.0 Å². The fourth-order valence-corrected chi connectivity index (χ4v) is 2.32. The molecular formula is C10H15ClIN3O. The zero-order valence-corrected chi connectivity index (χ0v) is 11.8. The number of hydrogen-bond acceptors (Lipinski definition) is 2. The number of nitrogens with one attached hydrogen (secondary N) is 1. The first kappa shape index (κ1) is 13.8. The van der Waals surface area contributed by atoms with Crippen molar-refractivity contribution in [2.75, 3.05) is 13.1 Å². The standard InChI is InChI=1S/C10H14IN3O.ClH/c11-7-4-9(13-5-7)10(15)14-3-1-2-8(12)6-14;/h4-5,8,13H,1-3,6,12H2;1H/t8-;/m1./s1. The second-order valence-corrected chi connectivity index (χ2v) is 5.13. The summed E-state index contributed by atoms with van der Waals surface area (Å²) in [6.07, 6.45) is 3.86. The van der Waals surface area contributed by atoms with E-state index in [1.807, 2.05) is 17.2 Å². The number of nitrogens with two attached hydrogens (primary N) is 1. The number of aromatic amines is 1. The van der Waals surface area contributed by atoms with Crippen LogP contribution in [0.15, 0.2) is 12.3 Å². The van der Waals surface area contributed by atoms with Crippen LogP contribution in [0.4, 0.5) is 0 Å². The third kappa shape index (κ3) is 3.11. The molecule has 3 N–H and O–H groups in total. The van der Waals surface area contributed by atoms with Gasteiger partial charge in [0.25, 0.3) is 5.91 Å². The zero-order valence-electron chi connectivity index (χ0n) is 8.78. The van der Waals surface area contributed by atoms with E-state index in [4.69, 9.17) is 5.73 Å². The van der Waals surface area contributed by atoms with Crippen LogP contribution < -0.4 is 5.73 Å². The van der Waals surface area contributed by atoms with Gasteiger partial charge in [0.15, 0.2) is 0 Å². The van der Waals surface area contributed by atoms with Gasteiger partial charge in [0.1, 0.15) is 5.69 Å². The van der Waals surface area contributed by atoms with Crippen molar-refractivity contribution < 1.29 is 4.79 Å². The Hall–Kier alpha value is -0.270. The Bertz CT molecular complexity index is 369. The van der Waals surface area contributed by atoms with Crippen LogP contribution in [-0.4, -0.2) is 34.9 Å². The number of carbonyl (C=O) groups is 1. The first-order valence-electron chi connectivity index (χ1n) is 5.05. The van der Waals surface area contributed by atoms with E-state index in [9.17, 15) is 4.79 Å². The normalized spacial score (nSPS) is 20.4. The number of piperidine rings is 1. The molecule has 1 aromatic rings. The van der Waals surface area contributed by atoms with E-state index in [2.05, 4.69) is 27.6 Å². The van der Waals surface area contributed by atoms with Gasteiger partial charge in [-0.05, 0) is 41.5 Å². The third-order valence-electron chi connectivity index (χ3n) is 2.62. The lowest BCUT2D eigenvalue weighted by Gasteiger charge is -2.30. The van der Waals surface area contributed by atoms with Crippen LogP contribution in [0, 0.1) is 3.57 Å². The molecule has 0 radical (unpaired) electrons. The van der Waals surface area contributed by atoms with E-state index in [1.54, 1.807) is 0 Å². The Labute approximate surface area is 115 Å². The summed E-state index contributed by atoms with van der Waals surface area (Å²) in [6, 6.07) is 2.00. The molecule has 0 unspecified atom stereocenters. The van der Waals surface area contributed by atoms with Crippen LogP contribution in [0.5, 0.6) is 0 Å². The van der Waals surface area contributed by atoms with Crippen LogP contribution in [-0.2, 0) is 0 Å². The molecule has 1 amide bonds. The van der Waals surface area contributed by atoms with Crippen molar-refractivity contribution >= 4 is 40.9 Å². The Morgan fingerprint density at radius 1 is 1.62 bits per heavy atom. The molecule has 0 spiro atoms. The first-order valence-corrected chi connectivity index (χ1v) is 6.13. The molecule has 6 heteroatoms. The van der Waals surface area contributed by atoms with Crippen LogP contribution in [0.1, 0.15) is 23.3 Å². The molecule has 0 aliphatic carbocycles. The van der Waals surface area contributed by atoms with Crippen molar-refractivity contribution in [2.45, 2.75) is 18.9 Å². The van der Waals surface area contributed by atoms with Gasteiger partial charge in [0, 0.05) is 28.9 Å². The molecule has 0 bridgehead atoms. The van der Waals surface area contributed by atoms with Crippen molar-refractivity contribution in [3.63, 3.8) is 0 Å². The molecule has 1 aromatic heterocycles. The van der Waals surface area contributed by atoms with Crippen molar-refractivity contribution in [2.24, 2.45) is 5.73 Å². The summed E-state index contributed by atoms with van der Waals surface area (Å²) < 4.78 is 1.05. The third-order valence-corrected chi connectivity index (χ3v) is 3.25. The highest BCUT2D eigenvalue weighted by atomic mass is 127. The Kier molecular flexibility index (Phi) is 5.07. The van der Waals surface area contributed by atoms with Gasteiger partial charge in [-0.2, -0.15) is 0 Å². The fraction of sp³-hybridized carbons (Fsp3) is 0.500. The number of nitrogens with zero attached hydrogens (tertiary/aromatic N) is 1. The summed E-state index contributed by atoms with van der Waals surface area (Å²) in [5.41, 5.74) is 6.50. The Morgan fingerprint density at radius 2 is 2.38 bits per heavy atom. The van der Waals surface area contributed by atoms with Gasteiger partial charge in [0.05, 0.1) is 0 Å². The lowest BCUT2D eigenvalue weighted by Crippen LogP contribution is -2.45. The fourth-order valence-electron chi connectivity index (χ4n) is 1.86. The summed E-state index contributed by atoms with van der Waals surface area (Å²) in [6.45, 7) is 1.50. The molecule has 16 heavy (non-hydrogen) atoms. The molecule has 1 aliphatic rings. The molecule has 2 rings (SSSR count). The van der Waals surface area contributed by atoms with Crippen LogP contribution in [0.25, 0.3) is 0 Å². The topological polar surface area (TPSA) is 62.1 Å². The number of amides is 1. The van der Waals surface area contributed by atoms with Crippen molar-refractivity contribution in [3.05, 3.63) is 21.5 Å². The number of halogens is 2. The summed E-state index contributed by atoms with van der Waals surface area (Å²) in [7, 11) is 0. The van der Waals surface area contributed by atoms with E-state index in [1.165, 1.54) is 0 Å². The molecular weight excluding hydrogens is 340 g/mol. The van der Waals surface area contributed by atoms with E-state index >= 15 is 0 Å². The van der Waals surface area contributed by atoms with E-state index in [-0.39, 0.29) is 24.4 Å². The van der Waals surface area contributed by atoms with Crippen molar-refractivity contribution in [3.8, 4) is 0 Å². The van der Waals surface area contributed by atoms with Gasteiger partial charge in [-0.15, -0.1) is 12.4 Å². The minimum atomic E-state index is 0. The second kappa shape index (κ2) is 5.88. The second-order valence-electron chi connectivity index (χ2n) is 3.89. The molecule has 1 saturated heterocycles. The number of hydrogen-bond donors (Lipinski definition) is 2. The maximum atomic E-state index is 12.0. The molecule has 0 aromatic carbocycles. The largest absolute Gasteiger partial charge is 0.356 e. The molecule has 4 nitrogen and oxygen atoms in total. The van der Waals surface area contributed by atoms with E-state index < -0.39 is 0 Å². The van der Waals surface area contributed by atoms with Gasteiger partial charge < -0.3 is 15.6 Å². The summed E-state index contributed by atoms with van der Waals surface area (Å²) in [4.78, 5) is 16.8. The molecule has 1 atom stereocenters. The Morgan fingerprint density at radius 3 is 2.94 bits per heavy atom. The van der Waals surface area contributed by atoms with Crippen molar-refractivity contribution in [1.82, 2.24) is 9.88 Å². The quantitative estimate of drug-likeness (QED) is 0.752.